The highest BCUT2D eigenvalue weighted by Gasteiger charge is 2.26. The van der Waals surface area contributed by atoms with Crippen LogP contribution in [0.1, 0.15) is 6.42 Å². The number of hydrogen-bond donors (Lipinski definition) is 2. The van der Waals surface area contributed by atoms with Crippen LogP contribution in [0.15, 0.2) is 0 Å². The number of nitrogens with zero attached hydrogens (tertiary/aromatic N) is 1. The molecule has 20 heavy (non-hydrogen) atoms. The van der Waals surface area contributed by atoms with E-state index in [1.807, 2.05) is 0 Å². The van der Waals surface area contributed by atoms with Crippen LogP contribution in [-0.2, 0) is 24.7 Å². The fourth-order valence-corrected chi connectivity index (χ4v) is 3.97. The zero-order valence-corrected chi connectivity index (χ0v) is 13.3. The standard InChI is InChI=1S/C10H21N3O5S2/c1-13(2)20(17,18)6-4-12-10(14)7-9-8-19(15,16)5-3-11-9/h9,11H,3-8H2,1-2H3,(H,12,14). The number of hydrogen-bond acceptors (Lipinski definition) is 6. The summed E-state index contributed by atoms with van der Waals surface area (Å²) in [5.74, 6) is -0.501. The van der Waals surface area contributed by atoms with Gasteiger partial charge in [0.05, 0.1) is 17.3 Å². The van der Waals surface area contributed by atoms with Gasteiger partial charge in [-0.15, -0.1) is 0 Å². The summed E-state index contributed by atoms with van der Waals surface area (Å²) >= 11 is 0. The van der Waals surface area contributed by atoms with Gasteiger partial charge in [0.1, 0.15) is 0 Å². The SMILES string of the molecule is CN(C)S(=O)(=O)CCNC(=O)CC1CS(=O)(=O)CCN1. The molecule has 0 aliphatic carbocycles. The van der Waals surface area contributed by atoms with Gasteiger partial charge in [0.2, 0.25) is 15.9 Å². The van der Waals surface area contributed by atoms with Crippen LogP contribution in [0.2, 0.25) is 0 Å². The second kappa shape index (κ2) is 6.83. The summed E-state index contributed by atoms with van der Waals surface area (Å²) in [5.41, 5.74) is 0. The van der Waals surface area contributed by atoms with Crippen LogP contribution in [-0.4, -0.2) is 77.5 Å². The van der Waals surface area contributed by atoms with Gasteiger partial charge >= 0.3 is 0 Å². The molecule has 0 spiro atoms. The monoisotopic (exact) mass is 327 g/mol. The Balaban J connectivity index is 2.34. The molecule has 118 valence electrons. The minimum Gasteiger partial charge on any atom is -0.355 e. The predicted molar refractivity (Wildman–Crippen MR) is 75.5 cm³/mol. The first-order chi connectivity index (χ1) is 9.12. The molecule has 10 heteroatoms. The summed E-state index contributed by atoms with van der Waals surface area (Å²) in [4.78, 5) is 11.6. The fraction of sp³-hybridized carbons (Fsp3) is 0.900. The molecular formula is C10H21N3O5S2. The Morgan fingerprint density at radius 1 is 1.40 bits per heavy atom. The van der Waals surface area contributed by atoms with Crippen molar-refractivity contribution in [1.29, 1.82) is 0 Å². The molecular weight excluding hydrogens is 306 g/mol. The summed E-state index contributed by atoms with van der Waals surface area (Å²) in [6, 6.07) is -0.404. The quantitative estimate of drug-likeness (QED) is 0.571. The number of carbonyl (C=O) groups excluding carboxylic acids is 1. The van der Waals surface area contributed by atoms with Gasteiger partial charge in [-0.1, -0.05) is 0 Å². The van der Waals surface area contributed by atoms with Gasteiger partial charge in [-0.05, 0) is 0 Å². The average Bonchev–Trinajstić information content (AvgIpc) is 2.26. The van der Waals surface area contributed by atoms with E-state index in [0.717, 1.165) is 4.31 Å². The largest absolute Gasteiger partial charge is 0.355 e. The minimum absolute atomic E-state index is 0.0127. The number of nitrogens with one attached hydrogen (secondary N) is 2. The summed E-state index contributed by atoms with van der Waals surface area (Å²) in [5, 5.41) is 5.45. The fourth-order valence-electron chi connectivity index (χ4n) is 1.80. The van der Waals surface area contributed by atoms with Crippen LogP contribution in [0.3, 0.4) is 0 Å². The molecule has 1 amide bonds. The number of sulfone groups is 1. The smallest absolute Gasteiger partial charge is 0.221 e. The number of amides is 1. The summed E-state index contributed by atoms with van der Waals surface area (Å²) in [6.45, 7) is 0.355. The van der Waals surface area contributed by atoms with Crippen molar-refractivity contribution in [2.24, 2.45) is 0 Å². The van der Waals surface area contributed by atoms with Crippen LogP contribution < -0.4 is 10.6 Å². The topological polar surface area (TPSA) is 113 Å². The maximum atomic E-state index is 11.6. The highest BCUT2D eigenvalue weighted by molar-refractivity contribution is 7.91. The van der Waals surface area contributed by atoms with Crippen molar-refractivity contribution < 1.29 is 21.6 Å². The van der Waals surface area contributed by atoms with Gasteiger partial charge in [0, 0.05) is 39.6 Å². The van der Waals surface area contributed by atoms with Crippen molar-refractivity contribution in [2.45, 2.75) is 12.5 Å². The molecule has 1 unspecified atom stereocenters. The molecule has 1 saturated heterocycles. The van der Waals surface area contributed by atoms with Crippen molar-refractivity contribution in [3.05, 3.63) is 0 Å². The van der Waals surface area contributed by atoms with E-state index in [1.165, 1.54) is 14.1 Å². The second-order valence-electron chi connectivity index (χ2n) is 4.92. The zero-order valence-electron chi connectivity index (χ0n) is 11.6. The Labute approximate surface area is 119 Å². The maximum Gasteiger partial charge on any atom is 0.221 e. The molecule has 1 atom stereocenters. The molecule has 1 rings (SSSR count). The molecule has 1 aliphatic rings. The van der Waals surface area contributed by atoms with E-state index < -0.39 is 25.9 Å². The minimum atomic E-state index is -3.34. The average molecular weight is 327 g/mol. The van der Waals surface area contributed by atoms with Crippen molar-refractivity contribution in [3.63, 3.8) is 0 Å². The van der Waals surface area contributed by atoms with E-state index in [-0.39, 0.29) is 36.1 Å². The first-order valence-electron chi connectivity index (χ1n) is 6.23. The van der Waals surface area contributed by atoms with Gasteiger partial charge in [0.25, 0.3) is 0 Å². The Kier molecular flexibility index (Phi) is 5.92. The number of sulfonamides is 1. The van der Waals surface area contributed by atoms with Crippen molar-refractivity contribution >= 4 is 25.8 Å². The second-order valence-corrected chi connectivity index (χ2v) is 9.45. The molecule has 1 heterocycles. The van der Waals surface area contributed by atoms with E-state index in [0.29, 0.717) is 6.54 Å². The lowest BCUT2D eigenvalue weighted by atomic mass is 10.2. The first kappa shape index (κ1) is 17.3. The molecule has 0 aromatic carbocycles. The number of rotatable bonds is 6. The van der Waals surface area contributed by atoms with Gasteiger partial charge in [-0.25, -0.2) is 21.1 Å². The third kappa shape index (κ3) is 5.73. The zero-order chi connectivity index (χ0) is 15.4. The lowest BCUT2D eigenvalue weighted by molar-refractivity contribution is -0.121. The molecule has 8 nitrogen and oxygen atoms in total. The highest BCUT2D eigenvalue weighted by atomic mass is 32.2. The maximum absolute atomic E-state index is 11.6. The van der Waals surface area contributed by atoms with Crippen LogP contribution in [0.4, 0.5) is 0 Å². The lowest BCUT2D eigenvalue weighted by Gasteiger charge is -2.23. The normalized spacial score (nSPS) is 22.6. The van der Waals surface area contributed by atoms with Crippen LogP contribution in [0, 0.1) is 0 Å². The van der Waals surface area contributed by atoms with Crippen LogP contribution in [0.5, 0.6) is 0 Å². The first-order valence-corrected chi connectivity index (χ1v) is 9.66. The molecule has 0 saturated carbocycles. The van der Waals surface area contributed by atoms with Gasteiger partial charge < -0.3 is 10.6 Å². The molecule has 1 fully saturated rings. The van der Waals surface area contributed by atoms with Crippen molar-refractivity contribution in [3.8, 4) is 0 Å². The molecule has 2 N–H and O–H groups in total. The van der Waals surface area contributed by atoms with Crippen LogP contribution >= 0.6 is 0 Å². The summed E-state index contributed by atoms with van der Waals surface area (Å²) in [7, 11) is -3.57. The van der Waals surface area contributed by atoms with E-state index in [4.69, 9.17) is 0 Å². The molecule has 0 aromatic rings. The Morgan fingerprint density at radius 2 is 2.05 bits per heavy atom. The van der Waals surface area contributed by atoms with Gasteiger partial charge in [-0.2, -0.15) is 0 Å². The molecule has 1 aliphatic heterocycles. The summed E-state index contributed by atoms with van der Waals surface area (Å²) in [6.07, 6.45) is 0.0290. The molecule has 0 aromatic heterocycles. The van der Waals surface area contributed by atoms with E-state index in [1.54, 1.807) is 0 Å². The Bertz CT molecular complexity index is 541. The van der Waals surface area contributed by atoms with Gasteiger partial charge in [-0.3, -0.25) is 4.79 Å². The van der Waals surface area contributed by atoms with Crippen molar-refractivity contribution in [2.75, 3.05) is 44.4 Å². The lowest BCUT2D eigenvalue weighted by Crippen LogP contribution is -2.47. The van der Waals surface area contributed by atoms with E-state index >= 15 is 0 Å². The van der Waals surface area contributed by atoms with Crippen LogP contribution in [0.25, 0.3) is 0 Å². The van der Waals surface area contributed by atoms with Gasteiger partial charge in [0.15, 0.2) is 9.84 Å². The van der Waals surface area contributed by atoms with Crippen molar-refractivity contribution in [1.82, 2.24) is 14.9 Å². The summed E-state index contributed by atoms with van der Waals surface area (Å²) < 4.78 is 46.8. The van der Waals surface area contributed by atoms with E-state index in [2.05, 4.69) is 10.6 Å². The third-order valence-electron chi connectivity index (χ3n) is 2.97. The Morgan fingerprint density at radius 3 is 2.60 bits per heavy atom. The number of carbonyl (C=O) groups is 1. The Hall–Kier alpha value is -0.710. The predicted octanol–water partition coefficient (Wildman–Crippen LogP) is -2.23. The molecule has 0 bridgehead atoms. The van der Waals surface area contributed by atoms with E-state index in [9.17, 15) is 21.6 Å². The highest BCUT2D eigenvalue weighted by Crippen LogP contribution is 2.04. The third-order valence-corrected chi connectivity index (χ3v) is 6.54. The molecule has 0 radical (unpaired) electrons.